The number of nitrogens with one attached hydrogen (secondary N) is 2. The van der Waals surface area contributed by atoms with E-state index in [-0.39, 0.29) is 23.2 Å². The van der Waals surface area contributed by atoms with Crippen LogP contribution in [0.1, 0.15) is 42.8 Å². The second kappa shape index (κ2) is 7.18. The predicted molar refractivity (Wildman–Crippen MR) is 101 cm³/mol. The fourth-order valence-electron chi connectivity index (χ4n) is 3.01. The average molecular weight is 381 g/mol. The standard InChI is InChI=1S/C19H19N5O4/c1-3-8-24-14-7-6-12(10-13(14)21-19(24)26)16-22-18(28-23-16)11(2)20-17(25)15-5-4-9-27-15/h4-7,9-11H,3,8H2,1-2H3,(H,20,25)(H,21,26)/t11-/m0/s1. The molecule has 2 N–H and O–H groups in total. The number of rotatable bonds is 6. The molecular weight excluding hydrogens is 362 g/mol. The second-order valence-corrected chi connectivity index (χ2v) is 6.44. The van der Waals surface area contributed by atoms with Gasteiger partial charge in [0.15, 0.2) is 5.76 Å². The summed E-state index contributed by atoms with van der Waals surface area (Å²) in [5.74, 6) is 0.484. The SMILES string of the molecule is CCCn1c(=O)[nH]c2cc(-c3noc([C@H](C)NC(=O)c4ccco4)n3)ccc21. The molecule has 0 fully saturated rings. The monoisotopic (exact) mass is 381 g/mol. The summed E-state index contributed by atoms with van der Waals surface area (Å²) in [4.78, 5) is 31.4. The Morgan fingerprint density at radius 3 is 2.96 bits per heavy atom. The van der Waals surface area contributed by atoms with Gasteiger partial charge in [-0.1, -0.05) is 12.1 Å². The van der Waals surface area contributed by atoms with Crippen LogP contribution in [0.3, 0.4) is 0 Å². The molecule has 0 bridgehead atoms. The van der Waals surface area contributed by atoms with Crippen LogP contribution in [-0.4, -0.2) is 25.6 Å². The Labute approximate surface area is 159 Å². The lowest BCUT2D eigenvalue weighted by Gasteiger charge is -2.07. The predicted octanol–water partition coefficient (Wildman–Crippen LogP) is 2.87. The third kappa shape index (κ3) is 3.22. The number of aromatic nitrogens is 4. The van der Waals surface area contributed by atoms with Gasteiger partial charge in [0.25, 0.3) is 5.91 Å². The first-order valence-electron chi connectivity index (χ1n) is 8.97. The summed E-state index contributed by atoms with van der Waals surface area (Å²) >= 11 is 0. The third-order valence-electron chi connectivity index (χ3n) is 4.38. The largest absolute Gasteiger partial charge is 0.459 e. The first-order chi connectivity index (χ1) is 13.6. The smallest absolute Gasteiger partial charge is 0.326 e. The molecule has 3 heterocycles. The number of hydrogen-bond donors (Lipinski definition) is 2. The number of benzene rings is 1. The summed E-state index contributed by atoms with van der Waals surface area (Å²) in [6.07, 6.45) is 2.29. The van der Waals surface area contributed by atoms with Gasteiger partial charge in [0.2, 0.25) is 11.7 Å². The van der Waals surface area contributed by atoms with E-state index in [9.17, 15) is 9.59 Å². The molecule has 4 rings (SSSR count). The number of carbonyl (C=O) groups excluding carboxylic acids is 1. The lowest BCUT2D eigenvalue weighted by atomic mass is 10.2. The minimum absolute atomic E-state index is 0.142. The van der Waals surface area contributed by atoms with Gasteiger partial charge in [-0.2, -0.15) is 4.98 Å². The molecule has 1 atom stereocenters. The lowest BCUT2D eigenvalue weighted by molar-refractivity contribution is 0.0904. The number of furan rings is 1. The van der Waals surface area contributed by atoms with Gasteiger partial charge < -0.3 is 19.2 Å². The molecule has 0 aliphatic heterocycles. The van der Waals surface area contributed by atoms with Gasteiger partial charge in [-0.15, -0.1) is 0 Å². The lowest BCUT2D eigenvalue weighted by Crippen LogP contribution is -2.26. The Balaban J connectivity index is 1.57. The highest BCUT2D eigenvalue weighted by molar-refractivity contribution is 5.91. The van der Waals surface area contributed by atoms with Crippen LogP contribution in [0, 0.1) is 0 Å². The fourth-order valence-corrected chi connectivity index (χ4v) is 3.01. The Hall–Kier alpha value is -3.62. The van der Waals surface area contributed by atoms with Crippen molar-refractivity contribution in [1.82, 2.24) is 25.0 Å². The Bertz CT molecular complexity index is 1170. The van der Waals surface area contributed by atoms with E-state index in [1.807, 2.05) is 25.1 Å². The molecule has 4 aromatic rings. The van der Waals surface area contributed by atoms with Crippen molar-refractivity contribution in [2.45, 2.75) is 32.9 Å². The number of carbonyl (C=O) groups is 1. The summed E-state index contributed by atoms with van der Waals surface area (Å²) < 4.78 is 12.1. The molecule has 0 unspecified atom stereocenters. The third-order valence-corrected chi connectivity index (χ3v) is 4.38. The van der Waals surface area contributed by atoms with Crippen molar-refractivity contribution in [3.05, 3.63) is 58.7 Å². The highest BCUT2D eigenvalue weighted by Gasteiger charge is 2.19. The van der Waals surface area contributed by atoms with Crippen molar-refractivity contribution in [2.24, 2.45) is 0 Å². The van der Waals surface area contributed by atoms with Crippen molar-refractivity contribution in [3.63, 3.8) is 0 Å². The maximum absolute atomic E-state index is 12.1. The molecule has 1 amide bonds. The van der Waals surface area contributed by atoms with Crippen LogP contribution in [0.15, 0.2) is 50.3 Å². The fraction of sp³-hybridized carbons (Fsp3) is 0.263. The van der Waals surface area contributed by atoms with Crippen LogP contribution in [-0.2, 0) is 6.54 Å². The van der Waals surface area contributed by atoms with Crippen molar-refractivity contribution in [2.75, 3.05) is 0 Å². The first-order valence-corrected chi connectivity index (χ1v) is 8.97. The molecule has 0 aliphatic rings. The van der Waals surface area contributed by atoms with Crippen LogP contribution >= 0.6 is 0 Å². The molecule has 3 aromatic heterocycles. The Morgan fingerprint density at radius 1 is 1.36 bits per heavy atom. The zero-order valence-electron chi connectivity index (χ0n) is 15.4. The van der Waals surface area contributed by atoms with Gasteiger partial charge in [0, 0.05) is 12.1 Å². The number of aromatic amines is 1. The number of fused-ring (bicyclic) bond motifs is 1. The quantitative estimate of drug-likeness (QED) is 0.530. The first kappa shape index (κ1) is 17.8. The summed E-state index contributed by atoms with van der Waals surface area (Å²) in [6.45, 7) is 4.41. The molecule has 0 saturated heterocycles. The van der Waals surface area contributed by atoms with Gasteiger partial charge in [-0.3, -0.25) is 9.36 Å². The number of amides is 1. The van der Waals surface area contributed by atoms with E-state index in [2.05, 4.69) is 20.4 Å². The highest BCUT2D eigenvalue weighted by Crippen LogP contribution is 2.22. The zero-order chi connectivity index (χ0) is 19.7. The summed E-state index contributed by atoms with van der Waals surface area (Å²) in [5.41, 5.74) is 2.11. The molecule has 0 aliphatic carbocycles. The minimum Gasteiger partial charge on any atom is -0.459 e. The Morgan fingerprint density at radius 2 is 2.21 bits per heavy atom. The molecule has 0 spiro atoms. The van der Waals surface area contributed by atoms with Crippen LogP contribution in [0.5, 0.6) is 0 Å². The second-order valence-electron chi connectivity index (χ2n) is 6.44. The van der Waals surface area contributed by atoms with Crippen molar-refractivity contribution < 1.29 is 13.7 Å². The number of imidazole rings is 1. The molecule has 1 aromatic carbocycles. The molecule has 144 valence electrons. The number of hydrogen-bond acceptors (Lipinski definition) is 6. The molecule has 0 saturated carbocycles. The van der Waals surface area contributed by atoms with Crippen LogP contribution in [0.25, 0.3) is 22.4 Å². The van der Waals surface area contributed by atoms with Crippen LogP contribution < -0.4 is 11.0 Å². The summed E-state index contributed by atoms with van der Waals surface area (Å²) in [7, 11) is 0. The highest BCUT2D eigenvalue weighted by atomic mass is 16.5. The van der Waals surface area contributed by atoms with E-state index in [0.717, 1.165) is 11.9 Å². The molecule has 0 radical (unpaired) electrons. The zero-order valence-corrected chi connectivity index (χ0v) is 15.4. The Kier molecular flexibility index (Phi) is 4.56. The summed E-state index contributed by atoms with van der Waals surface area (Å²) in [6, 6.07) is 8.22. The topological polar surface area (TPSA) is 119 Å². The van der Waals surface area contributed by atoms with Crippen molar-refractivity contribution in [1.29, 1.82) is 0 Å². The van der Waals surface area contributed by atoms with Gasteiger partial charge in [-0.25, -0.2) is 4.79 Å². The van der Waals surface area contributed by atoms with Gasteiger partial charge in [-0.05, 0) is 43.7 Å². The van der Waals surface area contributed by atoms with Gasteiger partial charge in [0.1, 0.15) is 6.04 Å². The number of nitrogens with zero attached hydrogens (tertiary/aromatic N) is 3. The number of aryl methyl sites for hydroxylation is 1. The molecule has 28 heavy (non-hydrogen) atoms. The van der Waals surface area contributed by atoms with Gasteiger partial charge >= 0.3 is 5.69 Å². The van der Waals surface area contributed by atoms with E-state index in [4.69, 9.17) is 8.94 Å². The van der Waals surface area contributed by atoms with Crippen LogP contribution in [0.2, 0.25) is 0 Å². The minimum atomic E-state index is -0.493. The van der Waals surface area contributed by atoms with E-state index < -0.39 is 6.04 Å². The maximum Gasteiger partial charge on any atom is 0.326 e. The van der Waals surface area contributed by atoms with E-state index in [0.29, 0.717) is 23.4 Å². The van der Waals surface area contributed by atoms with Gasteiger partial charge in [0.05, 0.1) is 17.3 Å². The molecule has 9 nitrogen and oxygen atoms in total. The van der Waals surface area contributed by atoms with Crippen LogP contribution in [0.4, 0.5) is 0 Å². The van der Waals surface area contributed by atoms with Crippen molar-refractivity contribution >= 4 is 16.9 Å². The van der Waals surface area contributed by atoms with Crippen molar-refractivity contribution in [3.8, 4) is 11.4 Å². The molecular formula is C19H19N5O4. The normalized spacial score (nSPS) is 12.4. The van der Waals surface area contributed by atoms with E-state index >= 15 is 0 Å². The van der Waals surface area contributed by atoms with E-state index in [1.54, 1.807) is 23.6 Å². The maximum atomic E-state index is 12.1. The summed E-state index contributed by atoms with van der Waals surface area (Å²) in [5, 5.41) is 6.73. The number of H-pyrrole nitrogens is 1. The molecule has 9 heteroatoms. The average Bonchev–Trinajstić information content (AvgIpc) is 3.42. The van der Waals surface area contributed by atoms with E-state index in [1.165, 1.54) is 6.26 Å².